The second-order valence-electron chi connectivity index (χ2n) is 3.51. The van der Waals surface area contributed by atoms with Gasteiger partial charge in [-0.1, -0.05) is 11.3 Å². The van der Waals surface area contributed by atoms with Crippen LogP contribution < -0.4 is 5.32 Å². The predicted octanol–water partition coefficient (Wildman–Crippen LogP) is 2.14. The molecule has 1 N–H and O–H groups in total. The van der Waals surface area contributed by atoms with E-state index in [0.717, 1.165) is 16.7 Å². The standard InChI is InChI=1S/C10H13BrN4S/c1-12-8(6-7-4-3-5-16-7)9-10(11)13-14-15(9)2/h3-5,8,12H,6H2,1-2H3. The van der Waals surface area contributed by atoms with E-state index in [4.69, 9.17) is 0 Å². The minimum absolute atomic E-state index is 0.230. The molecular formula is C10H13BrN4S. The Hall–Kier alpha value is -0.720. The first-order valence-corrected chi connectivity index (χ1v) is 6.64. The van der Waals surface area contributed by atoms with Crippen LogP contribution in [-0.4, -0.2) is 22.0 Å². The van der Waals surface area contributed by atoms with Crippen molar-refractivity contribution in [1.29, 1.82) is 0 Å². The topological polar surface area (TPSA) is 42.7 Å². The third kappa shape index (κ3) is 2.34. The molecule has 4 nitrogen and oxygen atoms in total. The summed E-state index contributed by atoms with van der Waals surface area (Å²) in [6.07, 6.45) is 0.952. The van der Waals surface area contributed by atoms with Crippen molar-refractivity contribution in [3.05, 3.63) is 32.7 Å². The molecule has 6 heteroatoms. The SMILES string of the molecule is CNC(Cc1cccs1)c1c(Br)nnn1C. The van der Waals surface area contributed by atoms with Gasteiger partial charge in [-0.25, -0.2) is 4.68 Å². The highest BCUT2D eigenvalue weighted by Gasteiger charge is 2.19. The second-order valence-corrected chi connectivity index (χ2v) is 5.30. The van der Waals surface area contributed by atoms with Crippen molar-refractivity contribution in [1.82, 2.24) is 20.3 Å². The lowest BCUT2D eigenvalue weighted by Crippen LogP contribution is -2.21. The van der Waals surface area contributed by atoms with Crippen LogP contribution in [0, 0.1) is 0 Å². The molecule has 2 aromatic rings. The summed E-state index contributed by atoms with van der Waals surface area (Å²) in [6.45, 7) is 0. The molecule has 86 valence electrons. The maximum atomic E-state index is 4.01. The monoisotopic (exact) mass is 300 g/mol. The van der Waals surface area contributed by atoms with Crippen molar-refractivity contribution in [2.24, 2.45) is 7.05 Å². The number of aromatic nitrogens is 3. The molecule has 0 saturated carbocycles. The number of hydrogen-bond donors (Lipinski definition) is 1. The number of thiophene rings is 1. The molecule has 1 unspecified atom stereocenters. The lowest BCUT2D eigenvalue weighted by molar-refractivity contribution is 0.536. The van der Waals surface area contributed by atoms with Crippen LogP contribution in [0.15, 0.2) is 22.1 Å². The van der Waals surface area contributed by atoms with Crippen molar-refractivity contribution in [2.45, 2.75) is 12.5 Å². The molecule has 2 rings (SSSR count). The van der Waals surface area contributed by atoms with Gasteiger partial charge >= 0.3 is 0 Å². The summed E-state index contributed by atoms with van der Waals surface area (Å²) < 4.78 is 2.62. The summed E-state index contributed by atoms with van der Waals surface area (Å²) in [5, 5.41) is 13.4. The van der Waals surface area contributed by atoms with Gasteiger partial charge in [-0.15, -0.1) is 16.4 Å². The fourth-order valence-electron chi connectivity index (χ4n) is 1.67. The normalized spacial score (nSPS) is 12.9. The highest BCUT2D eigenvalue weighted by Crippen LogP contribution is 2.25. The second kappa shape index (κ2) is 5.07. The van der Waals surface area contributed by atoms with Gasteiger partial charge in [-0.05, 0) is 34.4 Å². The van der Waals surface area contributed by atoms with E-state index in [9.17, 15) is 0 Å². The van der Waals surface area contributed by atoms with Gasteiger partial charge in [0.15, 0.2) is 4.60 Å². The molecule has 1 atom stereocenters. The van der Waals surface area contributed by atoms with E-state index in [-0.39, 0.29) is 6.04 Å². The zero-order valence-electron chi connectivity index (χ0n) is 9.14. The number of nitrogens with one attached hydrogen (secondary N) is 1. The zero-order valence-corrected chi connectivity index (χ0v) is 11.5. The van der Waals surface area contributed by atoms with E-state index in [1.165, 1.54) is 4.88 Å². The van der Waals surface area contributed by atoms with E-state index >= 15 is 0 Å². The number of aryl methyl sites for hydroxylation is 1. The van der Waals surface area contributed by atoms with Crippen molar-refractivity contribution in [3.63, 3.8) is 0 Å². The molecule has 2 heterocycles. The van der Waals surface area contributed by atoms with Gasteiger partial charge in [0, 0.05) is 18.3 Å². The van der Waals surface area contributed by atoms with E-state index in [1.807, 2.05) is 14.1 Å². The van der Waals surface area contributed by atoms with E-state index in [0.29, 0.717) is 0 Å². The maximum absolute atomic E-state index is 4.01. The van der Waals surface area contributed by atoms with Gasteiger partial charge in [-0.3, -0.25) is 0 Å². The molecule has 0 radical (unpaired) electrons. The Balaban J connectivity index is 2.23. The Labute approximate surface area is 107 Å². The van der Waals surface area contributed by atoms with Crippen molar-refractivity contribution >= 4 is 27.3 Å². The Kier molecular flexibility index (Phi) is 3.73. The van der Waals surface area contributed by atoms with Crippen LogP contribution in [0.25, 0.3) is 0 Å². The minimum Gasteiger partial charge on any atom is -0.311 e. The number of nitrogens with zero attached hydrogens (tertiary/aromatic N) is 3. The molecule has 0 bridgehead atoms. The molecule has 0 spiro atoms. The van der Waals surface area contributed by atoms with Crippen LogP contribution in [0.2, 0.25) is 0 Å². The maximum Gasteiger partial charge on any atom is 0.153 e. The molecule has 16 heavy (non-hydrogen) atoms. The van der Waals surface area contributed by atoms with Gasteiger partial charge in [0.1, 0.15) is 0 Å². The van der Waals surface area contributed by atoms with Crippen molar-refractivity contribution in [3.8, 4) is 0 Å². The fourth-order valence-corrected chi connectivity index (χ4v) is 3.03. The molecule has 0 aromatic carbocycles. The lowest BCUT2D eigenvalue weighted by Gasteiger charge is -2.15. The first kappa shape index (κ1) is 11.8. The Morgan fingerprint density at radius 2 is 2.44 bits per heavy atom. The van der Waals surface area contributed by atoms with E-state index in [2.05, 4.69) is 49.1 Å². The highest BCUT2D eigenvalue weighted by atomic mass is 79.9. The first-order valence-electron chi connectivity index (χ1n) is 4.97. The molecule has 0 fully saturated rings. The molecule has 0 aliphatic rings. The molecular weight excluding hydrogens is 288 g/mol. The average Bonchev–Trinajstić information content (AvgIpc) is 2.87. The molecule has 0 aliphatic heterocycles. The molecule has 2 aromatic heterocycles. The third-order valence-electron chi connectivity index (χ3n) is 2.49. The third-order valence-corrected chi connectivity index (χ3v) is 3.95. The Bertz CT molecular complexity index is 432. The number of hydrogen-bond acceptors (Lipinski definition) is 4. The quantitative estimate of drug-likeness (QED) is 0.941. The van der Waals surface area contributed by atoms with Crippen LogP contribution >= 0.6 is 27.3 Å². The summed E-state index contributed by atoms with van der Waals surface area (Å²) in [6, 6.07) is 4.45. The van der Waals surface area contributed by atoms with Gasteiger partial charge < -0.3 is 5.32 Å². The molecule has 0 amide bonds. The summed E-state index contributed by atoms with van der Waals surface area (Å²) in [7, 11) is 3.86. The summed E-state index contributed by atoms with van der Waals surface area (Å²) >= 11 is 5.20. The van der Waals surface area contributed by atoms with Crippen LogP contribution in [-0.2, 0) is 13.5 Å². The van der Waals surface area contributed by atoms with Crippen LogP contribution in [0.5, 0.6) is 0 Å². The zero-order chi connectivity index (χ0) is 11.5. The van der Waals surface area contributed by atoms with Crippen LogP contribution in [0.1, 0.15) is 16.6 Å². The number of likely N-dealkylation sites (N-methyl/N-ethyl adjacent to an activating group) is 1. The van der Waals surface area contributed by atoms with Gasteiger partial charge in [-0.2, -0.15) is 0 Å². The van der Waals surface area contributed by atoms with Gasteiger partial charge in [0.25, 0.3) is 0 Å². The fraction of sp³-hybridized carbons (Fsp3) is 0.400. The van der Waals surface area contributed by atoms with E-state index < -0.39 is 0 Å². The van der Waals surface area contributed by atoms with Crippen molar-refractivity contribution < 1.29 is 0 Å². The minimum atomic E-state index is 0.230. The average molecular weight is 301 g/mol. The highest BCUT2D eigenvalue weighted by molar-refractivity contribution is 9.10. The Morgan fingerprint density at radius 3 is 2.94 bits per heavy atom. The summed E-state index contributed by atoms with van der Waals surface area (Å²) in [4.78, 5) is 1.35. The van der Waals surface area contributed by atoms with Gasteiger partial charge in [0.2, 0.25) is 0 Å². The number of halogens is 1. The van der Waals surface area contributed by atoms with Crippen LogP contribution in [0.4, 0.5) is 0 Å². The predicted molar refractivity (Wildman–Crippen MR) is 68.5 cm³/mol. The molecule has 0 aliphatic carbocycles. The smallest absolute Gasteiger partial charge is 0.153 e. The largest absolute Gasteiger partial charge is 0.311 e. The van der Waals surface area contributed by atoms with E-state index in [1.54, 1.807) is 16.0 Å². The Morgan fingerprint density at radius 1 is 1.62 bits per heavy atom. The van der Waals surface area contributed by atoms with Crippen molar-refractivity contribution in [2.75, 3.05) is 7.05 Å². The number of rotatable bonds is 4. The summed E-state index contributed by atoms with van der Waals surface area (Å²) in [5.74, 6) is 0. The molecule has 0 saturated heterocycles. The summed E-state index contributed by atoms with van der Waals surface area (Å²) in [5.41, 5.74) is 1.08. The van der Waals surface area contributed by atoms with Crippen LogP contribution in [0.3, 0.4) is 0 Å². The lowest BCUT2D eigenvalue weighted by atomic mass is 10.1. The first-order chi connectivity index (χ1) is 7.72. The van der Waals surface area contributed by atoms with Gasteiger partial charge in [0.05, 0.1) is 11.7 Å².